The molecule has 30 nitrogen and oxygen atoms in total. The molecule has 62 heavy (non-hydrogen) atoms. The minimum atomic E-state index is -5.08. The number of anilines is 3. The van der Waals surface area contributed by atoms with Crippen molar-refractivity contribution in [2.45, 2.75) is 74.6 Å². The van der Waals surface area contributed by atoms with Gasteiger partial charge in [0.15, 0.2) is 33.8 Å². The third-order valence-electron chi connectivity index (χ3n) is 10.3. The predicted octanol–water partition coefficient (Wildman–Crippen LogP) is -1.94. The number of nitrogen functional groups attached to an aromatic ring is 3. The first-order valence-corrected chi connectivity index (χ1v) is 21.5. The number of nitrogens with zero attached hydrogens (tertiary/aromatic N) is 10. The molecule has 0 spiro atoms. The molecule has 11 atom stereocenters. The Labute approximate surface area is 344 Å². The van der Waals surface area contributed by atoms with Gasteiger partial charge in [0, 0.05) is 19.3 Å². The molecular formula is C30H37N15O15P2. The van der Waals surface area contributed by atoms with Crippen molar-refractivity contribution in [3.05, 3.63) is 46.0 Å². The molecule has 9 heterocycles. The fraction of sp³-hybridized carbons (Fsp3) is 0.500. The summed E-state index contributed by atoms with van der Waals surface area (Å²) in [5.74, 6) is -0.305. The van der Waals surface area contributed by atoms with Crippen molar-refractivity contribution in [2.24, 2.45) is 0 Å². The lowest BCUT2D eigenvalue weighted by atomic mass is 10.2. The molecule has 332 valence electrons. The lowest BCUT2D eigenvalue weighted by Gasteiger charge is -2.24. The topological polar surface area (TPSA) is 428 Å². The van der Waals surface area contributed by atoms with Gasteiger partial charge in [-0.1, -0.05) is 0 Å². The Balaban J connectivity index is 0.887. The molecule has 0 aromatic carbocycles. The van der Waals surface area contributed by atoms with Gasteiger partial charge in [0.05, 0.1) is 44.9 Å². The van der Waals surface area contributed by atoms with Crippen molar-refractivity contribution in [3.63, 3.8) is 0 Å². The van der Waals surface area contributed by atoms with Gasteiger partial charge in [0.1, 0.15) is 61.0 Å². The molecule has 3 aliphatic rings. The normalized spacial score (nSPS) is 28.6. The number of nitrogens with two attached hydrogens (primary N) is 3. The van der Waals surface area contributed by atoms with E-state index in [0.29, 0.717) is 5.65 Å². The fourth-order valence-electron chi connectivity index (χ4n) is 7.44. The molecule has 2 unspecified atom stereocenters. The Hall–Kier alpha value is -5.33. The van der Waals surface area contributed by atoms with E-state index in [1.165, 1.54) is 39.0 Å². The Kier molecular flexibility index (Phi) is 10.9. The van der Waals surface area contributed by atoms with Crippen LogP contribution in [0.15, 0.2) is 34.9 Å². The van der Waals surface area contributed by atoms with E-state index in [1.54, 1.807) is 0 Å². The van der Waals surface area contributed by atoms with Crippen LogP contribution in [0.25, 0.3) is 33.5 Å². The van der Waals surface area contributed by atoms with E-state index >= 15 is 0 Å². The highest BCUT2D eigenvalue weighted by Gasteiger charge is 2.46. The van der Waals surface area contributed by atoms with Gasteiger partial charge in [-0.3, -0.25) is 51.4 Å². The zero-order valence-corrected chi connectivity index (χ0v) is 33.4. The van der Waals surface area contributed by atoms with Crippen molar-refractivity contribution in [1.29, 1.82) is 0 Å². The largest absolute Gasteiger partial charge is 0.472 e. The Bertz CT molecular complexity index is 2870. The summed E-state index contributed by atoms with van der Waals surface area (Å²) in [4.78, 5) is 79.7. The molecule has 0 bridgehead atoms. The zero-order chi connectivity index (χ0) is 43.7. The molecule has 0 aliphatic carbocycles. The van der Waals surface area contributed by atoms with Crippen LogP contribution in [0.4, 0.5) is 17.7 Å². The first-order chi connectivity index (χ1) is 29.6. The van der Waals surface area contributed by atoms with Gasteiger partial charge in [-0.05, 0) is 0 Å². The number of hydrogen-bond acceptors (Lipinski definition) is 23. The molecule has 12 N–H and O–H groups in total. The molecule has 3 fully saturated rings. The van der Waals surface area contributed by atoms with Crippen molar-refractivity contribution in [1.82, 2.24) is 58.6 Å². The van der Waals surface area contributed by atoms with Gasteiger partial charge in [0.25, 0.3) is 11.1 Å². The van der Waals surface area contributed by atoms with E-state index in [4.69, 9.17) is 49.5 Å². The molecule has 3 aliphatic heterocycles. The van der Waals surface area contributed by atoms with Gasteiger partial charge in [0.2, 0.25) is 11.9 Å². The number of aliphatic hydroxyl groups is 2. The van der Waals surface area contributed by atoms with Crippen LogP contribution >= 0.6 is 15.6 Å². The summed E-state index contributed by atoms with van der Waals surface area (Å²) in [6.07, 6.45) is -5.74. The molecule has 9 rings (SSSR count). The van der Waals surface area contributed by atoms with Gasteiger partial charge >= 0.3 is 15.6 Å². The van der Waals surface area contributed by atoms with E-state index in [0.717, 1.165) is 0 Å². The number of fused-ring (bicyclic) bond motifs is 3. The van der Waals surface area contributed by atoms with Gasteiger partial charge in [-0.15, -0.1) is 0 Å². The number of nitrogens with one attached hydrogen (secondary N) is 2. The molecular weight excluding hydrogens is 872 g/mol. The first kappa shape index (κ1) is 42.0. The summed E-state index contributed by atoms with van der Waals surface area (Å²) >= 11 is 0. The maximum atomic E-state index is 13.5. The van der Waals surface area contributed by atoms with E-state index in [1.807, 2.05) is 0 Å². The molecule has 6 aromatic rings. The molecule has 0 radical (unpaired) electrons. The summed E-state index contributed by atoms with van der Waals surface area (Å²) in [5, 5.41) is 20.8. The lowest BCUT2D eigenvalue weighted by Crippen LogP contribution is -2.31. The maximum Gasteiger partial charge on any atom is 0.472 e. The summed E-state index contributed by atoms with van der Waals surface area (Å²) in [7, 11) is -10.1. The minimum Gasteiger partial charge on any atom is -0.394 e. The Morgan fingerprint density at radius 3 is 1.71 bits per heavy atom. The van der Waals surface area contributed by atoms with Gasteiger partial charge in [-0.25, -0.2) is 34.0 Å². The van der Waals surface area contributed by atoms with Gasteiger partial charge in [-0.2, -0.15) is 9.97 Å². The monoisotopic (exact) mass is 909 g/mol. The average molecular weight is 910 g/mol. The van der Waals surface area contributed by atoms with Crippen molar-refractivity contribution < 1.29 is 61.4 Å². The number of ether oxygens (including phenoxy) is 3. The highest BCUT2D eigenvalue weighted by molar-refractivity contribution is 7.47. The minimum absolute atomic E-state index is 0.0168. The van der Waals surface area contributed by atoms with Crippen LogP contribution in [-0.2, 0) is 41.4 Å². The second-order valence-corrected chi connectivity index (χ2v) is 17.1. The standard InChI is InChI=1S/C30H37N15O15P2/c31-23-20-24(35-7-34-23)43(8-36-20)18-2-12(14(4-46)56-18)59-62(52,53)55-6-16-13(3-19(58-16)45-10-38-22-26(45)40-30(33)42-28(22)49)60-61(50,51)54-5-15-11(47)1-17(57-15)44-9-37-21-25(44)39-29(32)41-27(21)48/h7-19,46-47H,1-6H2,(H,50,51)(H,52,53)(H2,31,34,35)(H3,32,39,41,48)(H3,33,40,42,49)/t11-,12-,13-,14+,15+,16+,17+,18+,19+/m0/s1. The molecule has 32 heteroatoms. The Morgan fingerprint density at radius 1 is 0.677 bits per heavy atom. The second-order valence-electron chi connectivity index (χ2n) is 14.3. The zero-order valence-electron chi connectivity index (χ0n) is 31.6. The number of aromatic amines is 2. The third-order valence-corrected chi connectivity index (χ3v) is 12.3. The number of phosphoric ester groups is 2. The summed E-state index contributed by atoms with van der Waals surface area (Å²) < 4.78 is 70.5. The van der Waals surface area contributed by atoms with Crippen LogP contribution in [0.2, 0.25) is 0 Å². The van der Waals surface area contributed by atoms with Crippen molar-refractivity contribution in [3.8, 4) is 0 Å². The van der Waals surface area contributed by atoms with E-state index in [-0.39, 0.29) is 64.8 Å². The molecule has 6 aromatic heterocycles. The smallest absolute Gasteiger partial charge is 0.394 e. The Morgan fingerprint density at radius 2 is 1.15 bits per heavy atom. The number of rotatable bonds is 14. The average Bonchev–Trinajstić information content (AvgIpc) is 4.06. The number of aromatic nitrogens is 12. The lowest BCUT2D eigenvalue weighted by molar-refractivity contribution is -0.0599. The highest BCUT2D eigenvalue weighted by Crippen LogP contribution is 2.52. The number of imidazole rings is 3. The maximum absolute atomic E-state index is 13.5. The van der Waals surface area contributed by atoms with E-state index in [2.05, 4.69) is 44.9 Å². The quantitative estimate of drug-likeness (QED) is 0.0537. The van der Waals surface area contributed by atoms with Crippen LogP contribution in [0, 0.1) is 0 Å². The third kappa shape index (κ3) is 8.07. The van der Waals surface area contributed by atoms with Gasteiger partial charge < -0.3 is 51.4 Å². The number of H-pyrrole nitrogens is 2. The van der Waals surface area contributed by atoms with Crippen molar-refractivity contribution in [2.75, 3.05) is 37.0 Å². The van der Waals surface area contributed by atoms with Crippen LogP contribution < -0.4 is 28.3 Å². The van der Waals surface area contributed by atoms with Crippen LogP contribution in [0.5, 0.6) is 0 Å². The highest BCUT2D eigenvalue weighted by atomic mass is 31.2. The van der Waals surface area contributed by atoms with E-state index in [9.17, 15) is 38.7 Å². The SMILES string of the molecule is Nc1nc2c(ncn2[C@H]2C[C@H](OP(=O)(O)OC[C@H]3O[C@@H](n4cnc5c(=O)[nH]c(N)nc54)C[C@@H]3O)[C@@H](COP(=O)(O)O[C@H]3C[C@H](n4cnc5c(N)ncnc54)O[C@@H]3CO)O2)c(=O)[nH]1. The van der Waals surface area contributed by atoms with Crippen LogP contribution in [0.1, 0.15) is 37.9 Å². The molecule has 0 saturated carbocycles. The first-order valence-electron chi connectivity index (χ1n) is 18.5. The summed E-state index contributed by atoms with van der Waals surface area (Å²) in [5.41, 5.74) is 16.6. The fourth-order valence-corrected chi connectivity index (χ4v) is 9.36. The van der Waals surface area contributed by atoms with Crippen molar-refractivity contribution >= 4 is 66.9 Å². The number of hydrogen-bond donors (Lipinski definition) is 9. The second kappa shape index (κ2) is 16.1. The van der Waals surface area contributed by atoms with E-state index < -0.39 is 102 Å². The predicted molar refractivity (Wildman–Crippen MR) is 205 cm³/mol. The number of aliphatic hydroxyl groups excluding tert-OH is 2. The number of phosphoric acid groups is 2. The van der Waals surface area contributed by atoms with Crippen LogP contribution in [-0.4, -0.2) is 135 Å². The van der Waals surface area contributed by atoms with Crippen LogP contribution in [0.3, 0.4) is 0 Å². The summed E-state index contributed by atoms with van der Waals surface area (Å²) in [6.45, 7) is -2.07. The summed E-state index contributed by atoms with van der Waals surface area (Å²) in [6, 6.07) is 0. The molecule has 3 saturated heterocycles. The molecule has 0 amide bonds.